The molecular formula is C13H24N2O. The summed E-state index contributed by atoms with van der Waals surface area (Å²) >= 11 is 0. The molecule has 0 saturated heterocycles. The number of nitrogens with two attached hydrogens (primary N) is 1. The summed E-state index contributed by atoms with van der Waals surface area (Å²) in [5, 5.41) is 2.88. The fourth-order valence-corrected chi connectivity index (χ4v) is 1.54. The Morgan fingerprint density at radius 2 is 2.12 bits per heavy atom. The minimum Gasteiger partial charge on any atom is -0.353 e. The number of nitrogens with one attached hydrogen (secondary N) is 1. The molecule has 0 bridgehead atoms. The first-order chi connectivity index (χ1) is 7.41. The lowest BCUT2D eigenvalue weighted by atomic mass is 9.84. The van der Waals surface area contributed by atoms with Crippen LogP contribution in [0.2, 0.25) is 0 Å². The average molecular weight is 224 g/mol. The first-order valence-corrected chi connectivity index (χ1v) is 5.84. The maximum absolute atomic E-state index is 11.6. The van der Waals surface area contributed by atoms with E-state index in [4.69, 9.17) is 12.2 Å². The van der Waals surface area contributed by atoms with Crippen molar-refractivity contribution in [3.8, 4) is 12.3 Å². The van der Waals surface area contributed by atoms with Gasteiger partial charge in [-0.2, -0.15) is 0 Å². The van der Waals surface area contributed by atoms with E-state index in [-0.39, 0.29) is 17.4 Å². The summed E-state index contributed by atoms with van der Waals surface area (Å²) in [5.41, 5.74) is 5.66. The second-order valence-corrected chi connectivity index (χ2v) is 5.08. The second kappa shape index (κ2) is 7.29. The highest BCUT2D eigenvalue weighted by Gasteiger charge is 2.18. The number of amides is 1. The first-order valence-electron chi connectivity index (χ1n) is 5.84. The molecule has 3 heteroatoms. The third kappa shape index (κ3) is 7.30. The molecule has 1 amide bonds. The lowest BCUT2D eigenvalue weighted by molar-refractivity contribution is -0.122. The maximum atomic E-state index is 11.6. The third-order valence-electron chi connectivity index (χ3n) is 2.68. The largest absolute Gasteiger partial charge is 0.353 e. The monoisotopic (exact) mass is 224 g/mol. The summed E-state index contributed by atoms with van der Waals surface area (Å²) in [6.07, 6.45) is 8.10. The van der Waals surface area contributed by atoms with Gasteiger partial charge in [-0.3, -0.25) is 4.79 Å². The fraction of sp³-hybridized carbons (Fsp3) is 0.769. The number of hydrogen-bond acceptors (Lipinski definition) is 2. The van der Waals surface area contributed by atoms with Gasteiger partial charge < -0.3 is 11.1 Å². The minimum atomic E-state index is 0.0649. The molecule has 3 nitrogen and oxygen atoms in total. The lowest BCUT2D eigenvalue weighted by Gasteiger charge is -2.23. The second-order valence-electron chi connectivity index (χ2n) is 5.08. The molecule has 0 spiro atoms. The van der Waals surface area contributed by atoms with Crippen molar-refractivity contribution in [1.82, 2.24) is 5.32 Å². The van der Waals surface area contributed by atoms with E-state index in [0.29, 0.717) is 19.4 Å². The number of carbonyl (C=O) groups excluding carboxylic acids is 1. The molecule has 0 aromatic carbocycles. The van der Waals surface area contributed by atoms with E-state index < -0.39 is 0 Å². The predicted octanol–water partition coefficient (Wildman–Crippen LogP) is 1.67. The zero-order chi connectivity index (χ0) is 12.6. The van der Waals surface area contributed by atoms with E-state index >= 15 is 0 Å². The highest BCUT2D eigenvalue weighted by molar-refractivity contribution is 5.76. The molecular weight excluding hydrogens is 200 g/mol. The molecule has 0 radical (unpaired) electrons. The zero-order valence-electron chi connectivity index (χ0n) is 10.7. The van der Waals surface area contributed by atoms with E-state index in [0.717, 1.165) is 12.8 Å². The minimum absolute atomic E-state index is 0.0649. The summed E-state index contributed by atoms with van der Waals surface area (Å²) in [6, 6.07) is 0.0649. The molecule has 0 rings (SSSR count). The van der Waals surface area contributed by atoms with Crippen LogP contribution in [0.3, 0.4) is 0 Å². The molecule has 3 N–H and O–H groups in total. The Morgan fingerprint density at radius 3 is 2.62 bits per heavy atom. The van der Waals surface area contributed by atoms with Gasteiger partial charge in [0.05, 0.1) is 0 Å². The van der Waals surface area contributed by atoms with E-state index in [2.05, 4.69) is 25.1 Å². The van der Waals surface area contributed by atoms with Crippen molar-refractivity contribution in [2.45, 2.75) is 52.5 Å². The fourth-order valence-electron chi connectivity index (χ4n) is 1.54. The van der Waals surface area contributed by atoms with Crippen LogP contribution in [0.4, 0.5) is 0 Å². The van der Waals surface area contributed by atoms with Gasteiger partial charge in [0.15, 0.2) is 0 Å². The molecule has 0 aliphatic heterocycles. The van der Waals surface area contributed by atoms with Crippen molar-refractivity contribution < 1.29 is 4.79 Å². The average Bonchev–Trinajstić information content (AvgIpc) is 2.15. The van der Waals surface area contributed by atoms with Crippen molar-refractivity contribution in [2.75, 3.05) is 6.54 Å². The van der Waals surface area contributed by atoms with Gasteiger partial charge in [-0.15, -0.1) is 12.3 Å². The smallest absolute Gasteiger partial charge is 0.220 e. The normalized spacial score (nSPS) is 12.9. The Hall–Kier alpha value is -1.01. The number of terminal acetylenes is 1. The molecule has 1 unspecified atom stereocenters. The van der Waals surface area contributed by atoms with E-state index in [1.165, 1.54) is 0 Å². The Balaban J connectivity index is 3.85. The molecule has 16 heavy (non-hydrogen) atoms. The standard InChI is InChI=1S/C13H24N2O/c1-5-6-11(2)15-12(16)7-8-13(3,4)9-10-14/h1,11H,6-10,14H2,2-4H3,(H,15,16). The molecule has 92 valence electrons. The van der Waals surface area contributed by atoms with Crippen molar-refractivity contribution >= 4 is 5.91 Å². The van der Waals surface area contributed by atoms with Crippen molar-refractivity contribution in [1.29, 1.82) is 0 Å². The number of rotatable bonds is 7. The molecule has 0 fully saturated rings. The molecule has 0 saturated carbocycles. The van der Waals surface area contributed by atoms with E-state index in [1.54, 1.807) is 0 Å². The van der Waals surface area contributed by atoms with Crippen LogP contribution in [-0.4, -0.2) is 18.5 Å². The highest BCUT2D eigenvalue weighted by atomic mass is 16.1. The number of carbonyl (C=O) groups is 1. The van der Waals surface area contributed by atoms with Crippen LogP contribution < -0.4 is 11.1 Å². The Bertz CT molecular complexity index is 253. The Morgan fingerprint density at radius 1 is 1.50 bits per heavy atom. The van der Waals surface area contributed by atoms with E-state index in [9.17, 15) is 4.79 Å². The van der Waals surface area contributed by atoms with E-state index in [1.807, 2.05) is 6.92 Å². The van der Waals surface area contributed by atoms with Crippen molar-refractivity contribution in [2.24, 2.45) is 11.1 Å². The van der Waals surface area contributed by atoms with Gasteiger partial charge in [0, 0.05) is 18.9 Å². The summed E-state index contributed by atoms with van der Waals surface area (Å²) < 4.78 is 0. The van der Waals surface area contributed by atoms with Crippen LogP contribution in [0.1, 0.15) is 46.5 Å². The van der Waals surface area contributed by atoms with Crippen LogP contribution in [0.5, 0.6) is 0 Å². The van der Waals surface area contributed by atoms with Gasteiger partial charge in [0.1, 0.15) is 0 Å². The molecule has 0 heterocycles. The molecule has 0 aliphatic rings. The summed E-state index contributed by atoms with van der Waals surface area (Å²) in [6.45, 7) is 6.86. The van der Waals surface area contributed by atoms with Gasteiger partial charge in [-0.05, 0) is 31.7 Å². The lowest BCUT2D eigenvalue weighted by Crippen LogP contribution is -2.33. The van der Waals surface area contributed by atoms with Crippen molar-refractivity contribution in [3.05, 3.63) is 0 Å². The number of hydrogen-bond donors (Lipinski definition) is 2. The van der Waals surface area contributed by atoms with Crippen LogP contribution >= 0.6 is 0 Å². The first kappa shape index (κ1) is 15.0. The maximum Gasteiger partial charge on any atom is 0.220 e. The predicted molar refractivity (Wildman–Crippen MR) is 67.7 cm³/mol. The molecule has 0 aromatic rings. The summed E-state index contributed by atoms with van der Waals surface area (Å²) in [5.74, 6) is 2.61. The highest BCUT2D eigenvalue weighted by Crippen LogP contribution is 2.25. The molecule has 0 aliphatic carbocycles. The van der Waals surface area contributed by atoms with Crippen LogP contribution in [-0.2, 0) is 4.79 Å². The van der Waals surface area contributed by atoms with Crippen LogP contribution in [0.15, 0.2) is 0 Å². The molecule has 1 atom stereocenters. The third-order valence-corrected chi connectivity index (χ3v) is 2.68. The van der Waals surface area contributed by atoms with Gasteiger partial charge >= 0.3 is 0 Å². The van der Waals surface area contributed by atoms with Crippen LogP contribution in [0.25, 0.3) is 0 Å². The topological polar surface area (TPSA) is 55.1 Å². The summed E-state index contributed by atoms with van der Waals surface area (Å²) in [7, 11) is 0. The Kier molecular flexibility index (Phi) is 6.83. The molecule has 0 aromatic heterocycles. The van der Waals surface area contributed by atoms with Gasteiger partial charge in [0.2, 0.25) is 5.91 Å². The summed E-state index contributed by atoms with van der Waals surface area (Å²) in [4.78, 5) is 11.6. The van der Waals surface area contributed by atoms with Crippen molar-refractivity contribution in [3.63, 3.8) is 0 Å². The quantitative estimate of drug-likeness (QED) is 0.646. The Labute approximate surface area is 99.2 Å². The van der Waals surface area contributed by atoms with Gasteiger partial charge in [0.25, 0.3) is 0 Å². The van der Waals surface area contributed by atoms with Gasteiger partial charge in [-0.1, -0.05) is 13.8 Å². The van der Waals surface area contributed by atoms with Gasteiger partial charge in [-0.25, -0.2) is 0 Å². The zero-order valence-corrected chi connectivity index (χ0v) is 10.7. The SMILES string of the molecule is C#CCC(C)NC(=O)CCC(C)(C)CCN. The van der Waals surface area contributed by atoms with Crippen LogP contribution in [0, 0.1) is 17.8 Å².